The molecule has 0 radical (unpaired) electrons. The zero-order valence-electron chi connectivity index (χ0n) is 14.6. The van der Waals surface area contributed by atoms with Crippen LogP contribution in [0.25, 0.3) is 0 Å². The van der Waals surface area contributed by atoms with Crippen LogP contribution in [0.1, 0.15) is 40.2 Å². The minimum atomic E-state index is -0.526. The van der Waals surface area contributed by atoms with Gasteiger partial charge in [0.05, 0.1) is 18.7 Å². The fourth-order valence-corrected chi connectivity index (χ4v) is 1.42. The number of aliphatic hydroxyl groups is 1. The van der Waals surface area contributed by atoms with Crippen LogP contribution < -0.4 is 10.1 Å². The van der Waals surface area contributed by atoms with Gasteiger partial charge in [0.1, 0.15) is 18.0 Å². The lowest BCUT2D eigenvalue weighted by atomic mass is 10.2. The third kappa shape index (κ3) is 10.2. The topological polar surface area (TPSA) is 67.8 Å². The Kier molecular flexibility index (Phi) is 10.3. The molecule has 0 spiro atoms. The number of rotatable bonds is 4. The number of carbonyl (C=O) groups is 1. The smallest absolute Gasteiger partial charge is 0.408 e. The molecule has 0 heterocycles. The molecule has 0 bridgehead atoms. The summed E-state index contributed by atoms with van der Waals surface area (Å²) in [4.78, 5) is 11.4. The highest BCUT2D eigenvalue weighted by atomic mass is 16.6. The lowest BCUT2D eigenvalue weighted by Gasteiger charge is -2.19. The molecule has 0 unspecified atom stereocenters. The zero-order valence-corrected chi connectivity index (χ0v) is 14.6. The molecule has 1 aromatic rings. The first kappa shape index (κ1) is 20.8. The van der Waals surface area contributed by atoms with Crippen molar-refractivity contribution in [1.29, 1.82) is 0 Å². The van der Waals surface area contributed by atoms with Crippen LogP contribution in [-0.2, 0) is 4.74 Å². The number of nitrogens with one attached hydrogen (secondary N) is 1. The molecule has 0 saturated carbocycles. The molecule has 0 aliphatic rings. The predicted molar refractivity (Wildman–Crippen MR) is 91.5 cm³/mol. The van der Waals surface area contributed by atoms with E-state index in [0.29, 0.717) is 11.3 Å². The Bertz CT molecular complexity index is 524. The number of alkyl carbamates (subject to hydrolysis) is 1. The molecule has 1 amide bonds. The second-order valence-electron chi connectivity index (χ2n) is 5.23. The van der Waals surface area contributed by atoms with Gasteiger partial charge in [-0.25, -0.2) is 4.79 Å². The fraction of sp³-hybridized carbons (Fsp3) is 0.500. The lowest BCUT2D eigenvalue weighted by molar-refractivity contribution is 0.0535. The molecule has 0 aliphatic carbocycles. The van der Waals surface area contributed by atoms with E-state index in [0.717, 1.165) is 0 Å². The van der Waals surface area contributed by atoms with Crippen LogP contribution in [0.2, 0.25) is 0 Å². The van der Waals surface area contributed by atoms with Gasteiger partial charge in [0.15, 0.2) is 0 Å². The number of benzene rings is 1. The molecular weight excluding hydrogens is 294 g/mol. The molecule has 23 heavy (non-hydrogen) atoms. The van der Waals surface area contributed by atoms with Crippen molar-refractivity contribution in [2.75, 3.05) is 19.8 Å². The lowest BCUT2D eigenvalue weighted by Crippen LogP contribution is -2.32. The van der Waals surface area contributed by atoms with Crippen molar-refractivity contribution in [2.45, 2.75) is 40.2 Å². The van der Waals surface area contributed by atoms with Crippen LogP contribution in [-0.4, -0.2) is 36.6 Å². The zero-order chi connectivity index (χ0) is 17.7. The van der Waals surface area contributed by atoms with Crippen molar-refractivity contribution in [1.82, 2.24) is 5.32 Å². The molecule has 1 rings (SSSR count). The minimum absolute atomic E-state index is 0.0536. The third-order valence-corrected chi connectivity index (χ3v) is 2.18. The van der Waals surface area contributed by atoms with Gasteiger partial charge in [0.25, 0.3) is 0 Å². The molecule has 0 aliphatic heterocycles. The number of carbonyl (C=O) groups excluding carboxylic acids is 1. The van der Waals surface area contributed by atoms with Crippen molar-refractivity contribution in [3.8, 4) is 17.6 Å². The van der Waals surface area contributed by atoms with Gasteiger partial charge in [-0.15, -0.1) is 0 Å². The van der Waals surface area contributed by atoms with Crippen molar-refractivity contribution < 1.29 is 19.4 Å². The molecule has 0 saturated heterocycles. The molecular formula is C18H27NO4. The highest BCUT2D eigenvalue weighted by molar-refractivity contribution is 5.68. The maximum absolute atomic E-state index is 11.4. The van der Waals surface area contributed by atoms with Gasteiger partial charge < -0.3 is 19.9 Å². The van der Waals surface area contributed by atoms with Gasteiger partial charge in [0.2, 0.25) is 0 Å². The quantitative estimate of drug-likeness (QED) is 0.837. The Balaban J connectivity index is 0.00000232. The largest absolute Gasteiger partial charge is 0.490 e. The van der Waals surface area contributed by atoms with Crippen molar-refractivity contribution in [3.05, 3.63) is 29.8 Å². The predicted octanol–water partition coefficient (Wildman–Crippen LogP) is 2.96. The first-order valence-electron chi connectivity index (χ1n) is 7.71. The number of para-hydroxylation sites is 1. The van der Waals surface area contributed by atoms with E-state index in [1.54, 1.807) is 26.8 Å². The van der Waals surface area contributed by atoms with Crippen molar-refractivity contribution in [2.24, 2.45) is 0 Å². The first-order valence-corrected chi connectivity index (χ1v) is 7.71. The van der Waals surface area contributed by atoms with Crippen LogP contribution in [0.5, 0.6) is 5.75 Å². The average Bonchev–Trinajstić information content (AvgIpc) is 2.51. The molecule has 2 N–H and O–H groups in total. The van der Waals surface area contributed by atoms with Gasteiger partial charge in [-0.05, 0) is 32.9 Å². The average molecular weight is 321 g/mol. The van der Waals surface area contributed by atoms with Crippen LogP contribution in [0.4, 0.5) is 4.79 Å². The Labute approximate surface area is 139 Å². The molecule has 0 fully saturated rings. The Morgan fingerprint density at radius 2 is 1.91 bits per heavy atom. The Hall–Kier alpha value is -2.19. The van der Waals surface area contributed by atoms with E-state index in [-0.39, 0.29) is 19.8 Å². The third-order valence-electron chi connectivity index (χ3n) is 2.18. The van der Waals surface area contributed by atoms with E-state index in [4.69, 9.17) is 14.6 Å². The van der Waals surface area contributed by atoms with E-state index in [9.17, 15) is 4.79 Å². The number of hydrogen-bond acceptors (Lipinski definition) is 4. The minimum Gasteiger partial charge on any atom is -0.490 e. The molecule has 0 atom stereocenters. The summed E-state index contributed by atoms with van der Waals surface area (Å²) >= 11 is 0. The highest BCUT2D eigenvalue weighted by Crippen LogP contribution is 2.16. The van der Waals surface area contributed by atoms with Crippen LogP contribution in [0.3, 0.4) is 0 Å². The summed E-state index contributed by atoms with van der Waals surface area (Å²) in [6, 6.07) is 7.27. The molecule has 5 nitrogen and oxygen atoms in total. The van der Waals surface area contributed by atoms with E-state index in [2.05, 4.69) is 17.2 Å². The van der Waals surface area contributed by atoms with Crippen LogP contribution >= 0.6 is 0 Å². The highest BCUT2D eigenvalue weighted by Gasteiger charge is 2.14. The van der Waals surface area contributed by atoms with Crippen LogP contribution in [0.15, 0.2) is 24.3 Å². The van der Waals surface area contributed by atoms with Gasteiger partial charge in [-0.3, -0.25) is 0 Å². The van der Waals surface area contributed by atoms with E-state index in [1.807, 2.05) is 32.0 Å². The maximum Gasteiger partial charge on any atom is 0.408 e. The van der Waals surface area contributed by atoms with Crippen molar-refractivity contribution in [3.63, 3.8) is 0 Å². The number of ether oxygens (including phenoxy) is 2. The number of aliphatic hydroxyl groups excluding tert-OH is 1. The maximum atomic E-state index is 11.4. The van der Waals surface area contributed by atoms with E-state index < -0.39 is 11.7 Å². The Morgan fingerprint density at radius 3 is 2.52 bits per heavy atom. The van der Waals surface area contributed by atoms with E-state index >= 15 is 0 Å². The summed E-state index contributed by atoms with van der Waals surface area (Å²) in [5.41, 5.74) is 0.180. The monoisotopic (exact) mass is 321 g/mol. The Morgan fingerprint density at radius 1 is 1.26 bits per heavy atom. The second-order valence-corrected chi connectivity index (χ2v) is 5.23. The van der Waals surface area contributed by atoms with Gasteiger partial charge >= 0.3 is 6.09 Å². The summed E-state index contributed by atoms with van der Waals surface area (Å²) in [5.74, 6) is 6.35. The number of hydrogen-bond donors (Lipinski definition) is 2. The summed E-state index contributed by atoms with van der Waals surface area (Å²) in [7, 11) is 0. The SMILES string of the molecule is CC.CC(C)(C)OC(=O)NCC#Cc1ccccc1OCCO. The van der Waals surface area contributed by atoms with Crippen LogP contribution in [0, 0.1) is 11.8 Å². The summed E-state index contributed by atoms with van der Waals surface area (Å²) in [5, 5.41) is 11.3. The normalized spacial score (nSPS) is 9.65. The summed E-state index contributed by atoms with van der Waals surface area (Å²) < 4.78 is 10.5. The van der Waals surface area contributed by atoms with Gasteiger partial charge in [0, 0.05) is 0 Å². The molecule has 1 aromatic carbocycles. The fourth-order valence-electron chi connectivity index (χ4n) is 1.42. The summed E-state index contributed by atoms with van der Waals surface area (Å²) in [6.07, 6.45) is -0.499. The second kappa shape index (κ2) is 11.4. The standard InChI is InChI=1S/C16H21NO4.C2H6/c1-16(2,3)21-15(19)17-10-6-8-13-7-4-5-9-14(13)20-12-11-18;1-2/h4-5,7,9,18H,10-12H2,1-3H3,(H,17,19);1-2H3. The molecule has 128 valence electrons. The summed E-state index contributed by atoms with van der Waals surface area (Å²) in [6.45, 7) is 9.74. The first-order chi connectivity index (χ1) is 10.9. The molecule has 0 aromatic heterocycles. The van der Waals surface area contributed by atoms with Gasteiger partial charge in [-0.2, -0.15) is 0 Å². The van der Waals surface area contributed by atoms with Crippen molar-refractivity contribution >= 4 is 6.09 Å². The number of amides is 1. The molecule has 5 heteroatoms. The van der Waals surface area contributed by atoms with E-state index in [1.165, 1.54) is 0 Å². The van der Waals surface area contributed by atoms with Gasteiger partial charge in [-0.1, -0.05) is 37.8 Å².